The van der Waals surface area contributed by atoms with Crippen LogP contribution in [0.1, 0.15) is 12.5 Å². The summed E-state index contributed by atoms with van der Waals surface area (Å²) in [6.45, 7) is 1.61. The van der Waals surface area contributed by atoms with Crippen molar-refractivity contribution in [2.24, 2.45) is 0 Å². The fourth-order valence-corrected chi connectivity index (χ4v) is 1.19. The molecule has 14 heavy (non-hydrogen) atoms. The number of benzene rings is 1. The lowest BCUT2D eigenvalue weighted by Crippen LogP contribution is -2.04. The number of rotatable bonds is 3. The first kappa shape index (κ1) is 10.5. The van der Waals surface area contributed by atoms with Gasteiger partial charge in [0.1, 0.15) is 0 Å². The molecule has 0 amide bonds. The second-order valence-electron chi connectivity index (χ2n) is 3.13. The fraction of sp³-hybridized carbons (Fsp3) is 0.333. The van der Waals surface area contributed by atoms with Crippen molar-refractivity contribution in [3.63, 3.8) is 0 Å². The van der Waals surface area contributed by atoms with E-state index in [0.717, 1.165) is 0 Å². The van der Waals surface area contributed by atoms with Gasteiger partial charge in [-0.25, -0.2) is 0 Å². The van der Waals surface area contributed by atoms with E-state index in [4.69, 9.17) is 5.11 Å². The molecule has 0 heterocycles. The Morgan fingerprint density at radius 3 is 2.64 bits per heavy atom. The molecule has 76 valence electrons. The van der Waals surface area contributed by atoms with E-state index in [1.165, 1.54) is 18.2 Å². The quantitative estimate of drug-likeness (QED) is 0.563. The Morgan fingerprint density at radius 1 is 1.57 bits per heavy atom. The first-order valence-electron chi connectivity index (χ1n) is 4.15. The summed E-state index contributed by atoms with van der Waals surface area (Å²) in [7, 11) is 0. The van der Waals surface area contributed by atoms with Gasteiger partial charge in [0.2, 0.25) is 0 Å². The Kier molecular flexibility index (Phi) is 3.03. The Bertz CT molecular complexity index is 349. The topological polar surface area (TPSA) is 83.6 Å². The third-order valence-electron chi connectivity index (χ3n) is 1.77. The molecular formula is C9H11NO4. The number of nitrogens with zero attached hydrogens (tertiary/aromatic N) is 1. The van der Waals surface area contributed by atoms with Gasteiger partial charge in [0.25, 0.3) is 0 Å². The average molecular weight is 197 g/mol. The molecule has 0 fully saturated rings. The number of phenols is 1. The van der Waals surface area contributed by atoms with Crippen LogP contribution in [0.15, 0.2) is 18.2 Å². The van der Waals surface area contributed by atoms with Gasteiger partial charge in [0, 0.05) is 6.07 Å². The van der Waals surface area contributed by atoms with E-state index < -0.39 is 11.0 Å². The molecule has 0 aromatic heterocycles. The first-order chi connectivity index (χ1) is 6.50. The van der Waals surface area contributed by atoms with Crippen LogP contribution in [-0.4, -0.2) is 21.2 Å². The molecule has 1 unspecified atom stereocenters. The first-order valence-corrected chi connectivity index (χ1v) is 4.15. The molecule has 2 N–H and O–H groups in total. The Morgan fingerprint density at radius 2 is 2.21 bits per heavy atom. The van der Waals surface area contributed by atoms with Gasteiger partial charge in [0.15, 0.2) is 5.75 Å². The average Bonchev–Trinajstić information content (AvgIpc) is 2.01. The molecule has 1 aromatic rings. The molecule has 0 spiro atoms. The van der Waals surface area contributed by atoms with Crippen LogP contribution in [0, 0.1) is 10.1 Å². The number of hydrogen-bond donors (Lipinski definition) is 2. The second kappa shape index (κ2) is 4.06. The molecular weight excluding hydrogens is 186 g/mol. The zero-order valence-electron chi connectivity index (χ0n) is 7.67. The molecule has 0 saturated heterocycles. The van der Waals surface area contributed by atoms with Crippen LogP contribution in [-0.2, 0) is 6.42 Å². The monoisotopic (exact) mass is 197 g/mol. The highest BCUT2D eigenvalue weighted by atomic mass is 16.6. The predicted molar refractivity (Wildman–Crippen MR) is 50.1 cm³/mol. The largest absolute Gasteiger partial charge is 0.502 e. The minimum absolute atomic E-state index is 0.320. The van der Waals surface area contributed by atoms with Crippen molar-refractivity contribution < 1.29 is 15.1 Å². The highest BCUT2D eigenvalue weighted by molar-refractivity contribution is 5.47. The van der Waals surface area contributed by atoms with E-state index in [0.29, 0.717) is 12.0 Å². The van der Waals surface area contributed by atoms with Crippen molar-refractivity contribution in [3.05, 3.63) is 33.9 Å². The van der Waals surface area contributed by atoms with Gasteiger partial charge < -0.3 is 10.2 Å². The van der Waals surface area contributed by atoms with Crippen LogP contribution in [0.4, 0.5) is 5.69 Å². The van der Waals surface area contributed by atoms with Crippen molar-refractivity contribution in [2.45, 2.75) is 19.4 Å². The number of aromatic hydroxyl groups is 1. The SMILES string of the molecule is CC(O)Cc1ccc([N+](=O)[O-])c(O)c1. The van der Waals surface area contributed by atoms with Gasteiger partial charge in [-0.05, 0) is 25.0 Å². The molecule has 0 bridgehead atoms. The summed E-state index contributed by atoms with van der Waals surface area (Å²) in [5.41, 5.74) is 0.349. The van der Waals surface area contributed by atoms with Crippen molar-refractivity contribution in [1.29, 1.82) is 0 Å². The third kappa shape index (κ3) is 2.43. The Labute approximate surface area is 80.8 Å². The van der Waals surface area contributed by atoms with Crippen LogP contribution >= 0.6 is 0 Å². The summed E-state index contributed by atoms with van der Waals surface area (Å²) in [5, 5.41) is 28.7. The van der Waals surface area contributed by atoms with Crippen LogP contribution in [0.2, 0.25) is 0 Å². The predicted octanol–water partition coefficient (Wildman–Crippen LogP) is 1.22. The van der Waals surface area contributed by atoms with Gasteiger partial charge >= 0.3 is 5.69 Å². The van der Waals surface area contributed by atoms with E-state index >= 15 is 0 Å². The molecule has 1 rings (SSSR count). The van der Waals surface area contributed by atoms with E-state index in [9.17, 15) is 15.2 Å². The fourth-order valence-electron chi connectivity index (χ4n) is 1.19. The number of nitro groups is 1. The molecule has 5 nitrogen and oxygen atoms in total. The molecule has 0 saturated carbocycles. The smallest absolute Gasteiger partial charge is 0.310 e. The molecule has 1 atom stereocenters. The Balaban J connectivity index is 2.94. The van der Waals surface area contributed by atoms with Gasteiger partial charge in [-0.2, -0.15) is 0 Å². The van der Waals surface area contributed by atoms with Gasteiger partial charge in [-0.15, -0.1) is 0 Å². The van der Waals surface area contributed by atoms with Crippen LogP contribution in [0.5, 0.6) is 5.75 Å². The molecule has 0 aliphatic carbocycles. The minimum atomic E-state index is -0.651. The normalized spacial score (nSPS) is 12.4. The van der Waals surface area contributed by atoms with Crippen LogP contribution in [0.3, 0.4) is 0 Å². The van der Waals surface area contributed by atoms with Crippen molar-refractivity contribution in [2.75, 3.05) is 0 Å². The molecule has 5 heteroatoms. The maximum atomic E-state index is 10.4. The van der Waals surface area contributed by atoms with E-state index in [2.05, 4.69) is 0 Å². The van der Waals surface area contributed by atoms with Crippen molar-refractivity contribution in [1.82, 2.24) is 0 Å². The van der Waals surface area contributed by atoms with E-state index in [1.807, 2.05) is 0 Å². The molecule has 0 radical (unpaired) electrons. The minimum Gasteiger partial charge on any atom is -0.502 e. The molecule has 0 aliphatic rings. The number of hydrogen-bond acceptors (Lipinski definition) is 4. The standard InChI is InChI=1S/C9H11NO4/c1-6(11)4-7-2-3-8(10(13)14)9(12)5-7/h2-3,5-6,11-12H,4H2,1H3. The molecule has 0 aliphatic heterocycles. The lowest BCUT2D eigenvalue weighted by atomic mass is 10.1. The Hall–Kier alpha value is -1.62. The van der Waals surface area contributed by atoms with Gasteiger partial charge in [-0.3, -0.25) is 10.1 Å². The summed E-state index contributed by atoms with van der Waals surface area (Å²) >= 11 is 0. The summed E-state index contributed by atoms with van der Waals surface area (Å²) in [6.07, 6.45) is -0.165. The highest BCUT2D eigenvalue weighted by Gasteiger charge is 2.13. The molecule has 1 aromatic carbocycles. The van der Waals surface area contributed by atoms with Crippen LogP contribution < -0.4 is 0 Å². The lowest BCUT2D eigenvalue weighted by molar-refractivity contribution is -0.385. The third-order valence-corrected chi connectivity index (χ3v) is 1.77. The number of aliphatic hydroxyl groups is 1. The lowest BCUT2D eigenvalue weighted by Gasteiger charge is -2.04. The maximum Gasteiger partial charge on any atom is 0.310 e. The number of nitro benzene ring substituents is 1. The van der Waals surface area contributed by atoms with E-state index in [-0.39, 0.29) is 11.4 Å². The second-order valence-corrected chi connectivity index (χ2v) is 3.13. The van der Waals surface area contributed by atoms with Crippen molar-refractivity contribution >= 4 is 5.69 Å². The van der Waals surface area contributed by atoms with Crippen LogP contribution in [0.25, 0.3) is 0 Å². The summed E-state index contributed by atoms with van der Waals surface area (Å²) in [6, 6.07) is 4.04. The maximum absolute atomic E-state index is 10.4. The highest BCUT2D eigenvalue weighted by Crippen LogP contribution is 2.26. The van der Waals surface area contributed by atoms with Crippen molar-refractivity contribution in [3.8, 4) is 5.75 Å². The number of phenolic OH excluding ortho intramolecular Hbond substituents is 1. The summed E-state index contributed by atoms with van der Waals surface area (Å²) < 4.78 is 0. The summed E-state index contributed by atoms with van der Waals surface area (Å²) in [4.78, 5) is 9.70. The van der Waals surface area contributed by atoms with E-state index in [1.54, 1.807) is 6.92 Å². The zero-order valence-corrected chi connectivity index (χ0v) is 7.67. The van der Waals surface area contributed by atoms with Gasteiger partial charge in [-0.1, -0.05) is 6.07 Å². The van der Waals surface area contributed by atoms with Gasteiger partial charge in [0.05, 0.1) is 11.0 Å². The number of aliphatic hydroxyl groups excluding tert-OH is 1. The zero-order chi connectivity index (χ0) is 10.7. The summed E-state index contributed by atoms with van der Waals surface area (Å²) in [5.74, 6) is -0.367.